The minimum Gasteiger partial charge on any atom is -0.481 e. The Morgan fingerprint density at radius 1 is 0.861 bits per heavy atom. The minimum absolute atomic E-state index is 0.0308. The Hall–Kier alpha value is -4.00. The van der Waals surface area contributed by atoms with Crippen molar-refractivity contribution in [2.24, 2.45) is 0 Å². The fourth-order valence-corrected chi connectivity index (χ4v) is 3.37. The summed E-state index contributed by atoms with van der Waals surface area (Å²) in [5, 5.41) is 3.29. The summed E-state index contributed by atoms with van der Waals surface area (Å²) >= 11 is 0. The number of pyridine rings is 4. The number of fused-ring (bicyclic) bond motifs is 1. The van der Waals surface area contributed by atoms with Gasteiger partial charge in [-0.15, -0.1) is 0 Å². The molecular formula is C23H17F6N5O2. The van der Waals surface area contributed by atoms with Crippen molar-refractivity contribution >= 4 is 22.5 Å². The first-order valence-corrected chi connectivity index (χ1v) is 10.2. The van der Waals surface area contributed by atoms with E-state index in [2.05, 4.69) is 25.3 Å². The molecule has 1 N–H and O–H groups in total. The van der Waals surface area contributed by atoms with E-state index in [-0.39, 0.29) is 29.6 Å². The number of ether oxygens (including phenoxy) is 2. The Kier molecular flexibility index (Phi) is 6.67. The molecule has 4 aromatic heterocycles. The normalized spacial score (nSPS) is 12.1. The molecular weight excluding hydrogens is 492 g/mol. The molecule has 0 spiro atoms. The number of nitrogens with zero attached hydrogens (tertiary/aromatic N) is 4. The van der Waals surface area contributed by atoms with Crippen molar-refractivity contribution in [2.45, 2.75) is 19.0 Å². The summed E-state index contributed by atoms with van der Waals surface area (Å²) in [7, 11) is 2.70. The fraction of sp³-hybridized carbons (Fsp3) is 0.217. The molecule has 0 aliphatic carbocycles. The second kappa shape index (κ2) is 9.57. The molecule has 0 saturated heterocycles. The van der Waals surface area contributed by atoms with E-state index in [1.54, 1.807) is 6.07 Å². The summed E-state index contributed by atoms with van der Waals surface area (Å²) in [6, 6.07) is 8.38. The van der Waals surface area contributed by atoms with Gasteiger partial charge < -0.3 is 14.8 Å². The Labute approximate surface area is 200 Å². The van der Waals surface area contributed by atoms with Crippen molar-refractivity contribution in [3.05, 3.63) is 65.5 Å². The lowest BCUT2D eigenvalue weighted by Crippen LogP contribution is -2.10. The van der Waals surface area contributed by atoms with E-state index >= 15 is 0 Å². The lowest BCUT2D eigenvalue weighted by molar-refractivity contribution is -0.138. The van der Waals surface area contributed by atoms with Crippen LogP contribution in [-0.4, -0.2) is 34.2 Å². The lowest BCUT2D eigenvalue weighted by atomic mass is 10.1. The zero-order valence-electron chi connectivity index (χ0n) is 18.7. The summed E-state index contributed by atoms with van der Waals surface area (Å²) in [6.45, 7) is 0.0438. The molecule has 0 radical (unpaired) electrons. The van der Waals surface area contributed by atoms with Crippen LogP contribution in [0, 0.1) is 0 Å². The zero-order chi connectivity index (χ0) is 26.1. The molecule has 0 aliphatic rings. The lowest BCUT2D eigenvalue weighted by Gasteiger charge is -2.15. The number of aromatic nitrogens is 4. The van der Waals surface area contributed by atoms with E-state index in [9.17, 15) is 26.3 Å². The number of nitrogens with one attached hydrogen (secondary N) is 1. The van der Waals surface area contributed by atoms with E-state index in [0.29, 0.717) is 23.0 Å². The largest absolute Gasteiger partial charge is 0.481 e. The summed E-state index contributed by atoms with van der Waals surface area (Å²) in [4.78, 5) is 16.4. The number of alkyl halides is 6. The second-order valence-electron chi connectivity index (χ2n) is 7.46. The highest BCUT2D eigenvalue weighted by Crippen LogP contribution is 2.37. The summed E-state index contributed by atoms with van der Waals surface area (Å²) < 4.78 is 89.5. The molecule has 0 fully saturated rings. The maximum Gasteiger partial charge on any atom is 0.418 e. The first-order chi connectivity index (χ1) is 17.0. The molecule has 4 heterocycles. The van der Waals surface area contributed by atoms with Crippen LogP contribution in [0.3, 0.4) is 0 Å². The molecule has 36 heavy (non-hydrogen) atoms. The van der Waals surface area contributed by atoms with Gasteiger partial charge in [-0.1, -0.05) is 0 Å². The average molecular weight is 509 g/mol. The van der Waals surface area contributed by atoms with Crippen molar-refractivity contribution in [1.82, 2.24) is 19.9 Å². The van der Waals surface area contributed by atoms with Crippen molar-refractivity contribution in [2.75, 3.05) is 19.5 Å². The molecule has 0 aliphatic heterocycles. The van der Waals surface area contributed by atoms with E-state index in [4.69, 9.17) is 9.47 Å². The van der Waals surface area contributed by atoms with Crippen LogP contribution in [0.15, 0.2) is 48.7 Å². The number of methoxy groups -OCH3 is 2. The topological polar surface area (TPSA) is 82.0 Å². The summed E-state index contributed by atoms with van der Waals surface area (Å²) in [5.41, 5.74) is -1.65. The monoisotopic (exact) mass is 509 g/mol. The Morgan fingerprint density at radius 3 is 2.25 bits per heavy atom. The van der Waals surface area contributed by atoms with E-state index < -0.39 is 29.2 Å². The molecule has 4 aromatic rings. The van der Waals surface area contributed by atoms with Gasteiger partial charge in [-0.25, -0.2) is 19.9 Å². The first-order valence-electron chi connectivity index (χ1n) is 10.2. The number of anilines is 2. The van der Waals surface area contributed by atoms with Gasteiger partial charge in [0.1, 0.15) is 11.5 Å². The highest BCUT2D eigenvalue weighted by Gasteiger charge is 2.35. The van der Waals surface area contributed by atoms with E-state index in [1.165, 1.54) is 26.4 Å². The minimum atomic E-state index is -4.70. The fourth-order valence-electron chi connectivity index (χ4n) is 3.37. The van der Waals surface area contributed by atoms with Gasteiger partial charge in [0.15, 0.2) is 5.65 Å². The van der Waals surface area contributed by atoms with E-state index in [1.807, 2.05) is 0 Å². The molecule has 0 unspecified atom stereocenters. The number of rotatable bonds is 6. The SMILES string of the molecule is COCc1cc(Nc2ccc(C(F)(F)F)cn2)c2ccc(-c3nc(OC)ccc3C(F)(F)F)nc2n1. The standard InChI is InChI=1S/C23H17F6N5O2/c1-35-11-13-9-17(32-18-7-3-12(10-30-18)22(24,25)26)14-4-6-16(33-21(14)31-13)20-15(23(27,28)29)5-8-19(34-20)36-2/h3-10H,11H2,1-2H3,(H,30,31,32,33). The third-order valence-corrected chi connectivity index (χ3v) is 5.00. The second-order valence-corrected chi connectivity index (χ2v) is 7.46. The van der Waals surface area contributed by atoms with Crippen LogP contribution >= 0.6 is 0 Å². The van der Waals surface area contributed by atoms with Gasteiger partial charge in [-0.3, -0.25) is 0 Å². The molecule has 0 bridgehead atoms. The van der Waals surface area contributed by atoms with Crippen LogP contribution in [0.5, 0.6) is 5.88 Å². The summed E-state index contributed by atoms with van der Waals surface area (Å²) in [6.07, 6.45) is -8.55. The van der Waals surface area contributed by atoms with Crippen molar-refractivity contribution in [1.29, 1.82) is 0 Å². The quantitative estimate of drug-likeness (QED) is 0.318. The van der Waals surface area contributed by atoms with E-state index in [0.717, 1.165) is 24.3 Å². The molecule has 4 rings (SSSR count). The number of halogens is 6. The Morgan fingerprint density at radius 2 is 1.64 bits per heavy atom. The number of hydrogen-bond acceptors (Lipinski definition) is 7. The van der Waals surface area contributed by atoms with Crippen LogP contribution in [0.4, 0.5) is 37.8 Å². The smallest absolute Gasteiger partial charge is 0.418 e. The van der Waals surface area contributed by atoms with Gasteiger partial charge in [-0.05, 0) is 36.4 Å². The maximum absolute atomic E-state index is 13.6. The Balaban J connectivity index is 1.81. The third-order valence-electron chi connectivity index (χ3n) is 5.00. The van der Waals surface area contributed by atoms with Crippen LogP contribution < -0.4 is 10.1 Å². The van der Waals surface area contributed by atoms with Gasteiger partial charge in [-0.2, -0.15) is 26.3 Å². The van der Waals surface area contributed by atoms with Crippen LogP contribution in [-0.2, 0) is 23.7 Å². The molecule has 13 heteroatoms. The van der Waals surface area contributed by atoms with Crippen molar-refractivity contribution < 1.29 is 35.8 Å². The predicted molar refractivity (Wildman–Crippen MR) is 118 cm³/mol. The zero-order valence-corrected chi connectivity index (χ0v) is 18.7. The molecule has 7 nitrogen and oxygen atoms in total. The molecule has 0 amide bonds. The predicted octanol–water partition coefficient (Wildman–Crippen LogP) is 6.02. The Bertz CT molecular complexity index is 1390. The average Bonchev–Trinajstić information content (AvgIpc) is 2.82. The third kappa shape index (κ3) is 5.30. The molecule has 188 valence electrons. The highest BCUT2D eigenvalue weighted by atomic mass is 19.4. The van der Waals surface area contributed by atoms with Crippen LogP contribution in [0.25, 0.3) is 22.4 Å². The van der Waals surface area contributed by atoms with Crippen LogP contribution in [0.1, 0.15) is 16.8 Å². The van der Waals surface area contributed by atoms with Crippen molar-refractivity contribution in [3.63, 3.8) is 0 Å². The van der Waals surface area contributed by atoms with Crippen molar-refractivity contribution in [3.8, 4) is 17.3 Å². The summed E-state index contributed by atoms with van der Waals surface area (Å²) in [5.74, 6) is 0.0773. The van der Waals surface area contributed by atoms with Gasteiger partial charge in [0.05, 0.1) is 41.9 Å². The van der Waals surface area contributed by atoms with Crippen LogP contribution in [0.2, 0.25) is 0 Å². The highest BCUT2D eigenvalue weighted by molar-refractivity contribution is 5.92. The maximum atomic E-state index is 13.6. The van der Waals surface area contributed by atoms with Gasteiger partial charge in [0.25, 0.3) is 0 Å². The number of hydrogen-bond donors (Lipinski definition) is 1. The van der Waals surface area contributed by atoms with Gasteiger partial charge in [0.2, 0.25) is 5.88 Å². The first kappa shape index (κ1) is 25.1. The van der Waals surface area contributed by atoms with Gasteiger partial charge >= 0.3 is 12.4 Å². The van der Waals surface area contributed by atoms with Gasteiger partial charge in [0, 0.05) is 24.8 Å². The molecule has 0 aromatic carbocycles. The molecule has 0 atom stereocenters. The molecule has 0 saturated carbocycles.